The minimum absolute atomic E-state index is 1.04. The maximum atomic E-state index is 4.06. The van der Waals surface area contributed by atoms with Crippen molar-refractivity contribution < 1.29 is 0 Å². The Bertz CT molecular complexity index is 637. The van der Waals surface area contributed by atoms with E-state index in [-0.39, 0.29) is 0 Å². The molecule has 0 unspecified atom stereocenters. The van der Waals surface area contributed by atoms with Gasteiger partial charge in [-0.3, -0.25) is 5.10 Å². The van der Waals surface area contributed by atoms with E-state index in [4.69, 9.17) is 0 Å². The predicted molar refractivity (Wildman–Crippen MR) is 95.9 cm³/mol. The average molecular weight is 576 g/mol. The third kappa shape index (κ3) is 2.13. The molecule has 0 saturated heterocycles. The van der Waals surface area contributed by atoms with Crippen molar-refractivity contribution in [1.29, 1.82) is 0 Å². The molecule has 18 heavy (non-hydrogen) atoms. The van der Waals surface area contributed by atoms with Gasteiger partial charge in [0.1, 0.15) is 3.70 Å². The molecule has 0 saturated carbocycles. The summed E-state index contributed by atoms with van der Waals surface area (Å²) < 4.78 is 5.59. The third-order valence-electron chi connectivity index (χ3n) is 2.62. The first-order chi connectivity index (χ1) is 8.68. The first-order valence-electron chi connectivity index (χ1n) is 5.08. The quantitative estimate of drug-likeness (QED) is 0.446. The molecule has 0 bridgehead atoms. The van der Waals surface area contributed by atoms with Gasteiger partial charge in [-0.15, -0.1) is 0 Å². The lowest BCUT2D eigenvalue weighted by molar-refractivity contribution is 1.04. The molecule has 4 nitrogen and oxygen atoms in total. The molecule has 3 aromatic heterocycles. The highest BCUT2D eigenvalue weighted by Gasteiger charge is 2.15. The monoisotopic (exact) mass is 576 g/mol. The summed E-state index contributed by atoms with van der Waals surface area (Å²) in [5.41, 5.74) is 3.37. The molecule has 0 aliphatic rings. The summed E-state index contributed by atoms with van der Waals surface area (Å²) in [6.07, 6.45) is 5.94. The fourth-order valence-corrected chi connectivity index (χ4v) is 3.81. The van der Waals surface area contributed by atoms with Crippen LogP contribution in [-0.2, 0) is 0 Å². The summed E-state index contributed by atoms with van der Waals surface area (Å²) in [6.45, 7) is 0. The van der Waals surface area contributed by atoms with E-state index in [0.29, 0.717) is 0 Å². The van der Waals surface area contributed by atoms with Crippen molar-refractivity contribution in [2.24, 2.45) is 0 Å². The van der Waals surface area contributed by atoms with E-state index < -0.39 is 0 Å². The van der Waals surface area contributed by atoms with Gasteiger partial charge in [-0.2, -0.15) is 5.10 Å². The van der Waals surface area contributed by atoms with Gasteiger partial charge in [-0.05, 0) is 79.9 Å². The number of H-pyrrole nitrogens is 2. The van der Waals surface area contributed by atoms with Crippen LogP contribution in [0.25, 0.3) is 16.9 Å². The van der Waals surface area contributed by atoms with Crippen molar-refractivity contribution in [2.75, 3.05) is 0 Å². The molecule has 92 valence electrons. The lowest BCUT2D eigenvalue weighted by atomic mass is 10.2. The molecule has 0 aromatic carbocycles. The van der Waals surface area contributed by atoms with Crippen LogP contribution in [0.15, 0.2) is 30.7 Å². The average Bonchev–Trinajstić information content (AvgIpc) is 3.01. The zero-order valence-electron chi connectivity index (χ0n) is 8.92. The summed E-state index contributed by atoms with van der Waals surface area (Å²) >= 11 is 6.96. The van der Waals surface area contributed by atoms with Crippen molar-refractivity contribution in [2.45, 2.75) is 0 Å². The summed E-state index contributed by atoms with van der Waals surface area (Å²) in [5.74, 6) is 0. The van der Waals surface area contributed by atoms with E-state index in [1.807, 2.05) is 18.5 Å². The zero-order valence-corrected chi connectivity index (χ0v) is 15.4. The summed E-state index contributed by atoms with van der Waals surface area (Å²) in [6, 6.07) is 4.14. The minimum atomic E-state index is 1.04. The second-order valence-electron chi connectivity index (χ2n) is 3.66. The van der Waals surface area contributed by atoms with Crippen LogP contribution >= 0.6 is 67.8 Å². The Morgan fingerprint density at radius 3 is 2.67 bits per heavy atom. The third-order valence-corrected chi connectivity index (χ3v) is 5.41. The molecule has 7 heteroatoms. The smallest absolute Gasteiger partial charge is 0.105 e. The number of aromatic nitrogens is 4. The van der Waals surface area contributed by atoms with Gasteiger partial charge in [0.15, 0.2) is 0 Å². The Morgan fingerprint density at radius 1 is 1.22 bits per heavy atom. The summed E-state index contributed by atoms with van der Waals surface area (Å²) in [5, 5.41) is 7.02. The molecular weight excluding hydrogens is 569 g/mol. The van der Waals surface area contributed by atoms with Gasteiger partial charge >= 0.3 is 0 Å². The van der Waals surface area contributed by atoms with E-state index in [9.17, 15) is 0 Å². The first-order valence-corrected chi connectivity index (χ1v) is 8.31. The van der Waals surface area contributed by atoms with Crippen molar-refractivity contribution in [3.63, 3.8) is 0 Å². The maximum Gasteiger partial charge on any atom is 0.105 e. The first kappa shape index (κ1) is 13.0. The van der Waals surface area contributed by atoms with Crippen molar-refractivity contribution >= 4 is 67.8 Å². The SMILES string of the molecule is Ic1[nH]ncc1-c1[nH]cc(-n2cccc2I)c1I. The second kappa shape index (κ2) is 5.15. The second-order valence-corrected chi connectivity index (χ2v) is 6.92. The molecular formula is C11H7I3N4. The van der Waals surface area contributed by atoms with Crippen LogP contribution in [0.2, 0.25) is 0 Å². The van der Waals surface area contributed by atoms with E-state index >= 15 is 0 Å². The van der Waals surface area contributed by atoms with Gasteiger partial charge < -0.3 is 9.55 Å². The maximum absolute atomic E-state index is 4.06. The van der Waals surface area contributed by atoms with E-state index in [2.05, 4.69) is 99.8 Å². The Balaban J connectivity index is 2.15. The van der Waals surface area contributed by atoms with Crippen molar-refractivity contribution in [1.82, 2.24) is 19.7 Å². The molecule has 2 N–H and O–H groups in total. The fraction of sp³-hybridized carbons (Fsp3) is 0. The number of hydrogen-bond acceptors (Lipinski definition) is 1. The number of halogens is 3. The van der Waals surface area contributed by atoms with Crippen molar-refractivity contribution in [3.8, 4) is 16.9 Å². The largest absolute Gasteiger partial charge is 0.358 e. The van der Waals surface area contributed by atoms with Crippen LogP contribution in [0.1, 0.15) is 0 Å². The molecule has 0 atom stereocenters. The Morgan fingerprint density at radius 2 is 2.06 bits per heavy atom. The Hall–Kier alpha value is -0.0400. The van der Waals surface area contributed by atoms with Gasteiger partial charge in [0.25, 0.3) is 0 Å². The highest BCUT2D eigenvalue weighted by Crippen LogP contribution is 2.31. The van der Waals surface area contributed by atoms with E-state index in [1.165, 1.54) is 7.27 Å². The lowest BCUT2D eigenvalue weighted by Crippen LogP contribution is -1.94. The van der Waals surface area contributed by atoms with Gasteiger partial charge in [0.05, 0.1) is 30.4 Å². The zero-order chi connectivity index (χ0) is 12.7. The molecule has 0 amide bonds. The molecule has 0 radical (unpaired) electrons. The molecule has 0 spiro atoms. The normalized spacial score (nSPS) is 11.1. The number of rotatable bonds is 2. The van der Waals surface area contributed by atoms with E-state index in [1.54, 1.807) is 0 Å². The summed E-state index contributed by atoms with van der Waals surface area (Å²) in [7, 11) is 0. The van der Waals surface area contributed by atoms with Gasteiger partial charge in [-0.1, -0.05) is 0 Å². The Kier molecular flexibility index (Phi) is 3.71. The van der Waals surface area contributed by atoms with Gasteiger partial charge in [0.2, 0.25) is 0 Å². The number of hydrogen-bond donors (Lipinski definition) is 2. The highest BCUT2D eigenvalue weighted by atomic mass is 127. The summed E-state index contributed by atoms with van der Waals surface area (Å²) in [4.78, 5) is 3.34. The van der Waals surface area contributed by atoms with Crippen LogP contribution in [0.5, 0.6) is 0 Å². The fourth-order valence-electron chi connectivity index (χ4n) is 1.77. The molecule has 3 aromatic rings. The standard InChI is InChI=1S/C11H7I3N4/c12-8-2-1-3-18(8)7-5-15-10(9(7)13)6-4-16-17-11(6)14/h1-5,15H,(H,16,17). The predicted octanol–water partition coefficient (Wildman–Crippen LogP) is 4.01. The highest BCUT2D eigenvalue weighted by molar-refractivity contribution is 14.1. The number of nitrogens with zero attached hydrogens (tertiary/aromatic N) is 2. The molecule has 3 heterocycles. The number of aromatic amines is 2. The van der Waals surface area contributed by atoms with Crippen LogP contribution in [-0.4, -0.2) is 19.7 Å². The van der Waals surface area contributed by atoms with Crippen LogP contribution in [0, 0.1) is 11.0 Å². The van der Waals surface area contributed by atoms with Crippen LogP contribution < -0.4 is 0 Å². The Labute approximate surface area is 144 Å². The number of nitrogens with one attached hydrogen (secondary N) is 2. The van der Waals surface area contributed by atoms with E-state index in [0.717, 1.165) is 20.6 Å². The molecule has 0 fully saturated rings. The van der Waals surface area contributed by atoms with Gasteiger partial charge in [0, 0.05) is 12.4 Å². The molecule has 0 aliphatic heterocycles. The lowest BCUT2D eigenvalue weighted by Gasteiger charge is -2.03. The molecule has 3 rings (SSSR count). The van der Waals surface area contributed by atoms with Crippen LogP contribution in [0.3, 0.4) is 0 Å². The minimum Gasteiger partial charge on any atom is -0.358 e. The van der Waals surface area contributed by atoms with Crippen molar-refractivity contribution in [3.05, 3.63) is 41.7 Å². The van der Waals surface area contributed by atoms with Crippen LogP contribution in [0.4, 0.5) is 0 Å². The topological polar surface area (TPSA) is 49.4 Å². The van der Waals surface area contributed by atoms with Gasteiger partial charge in [-0.25, -0.2) is 0 Å². The molecule has 0 aliphatic carbocycles.